The van der Waals surface area contributed by atoms with Crippen LogP contribution in [0.25, 0.3) is 10.9 Å². The van der Waals surface area contributed by atoms with Crippen LogP contribution in [-0.2, 0) is 4.79 Å². The molecule has 23 heavy (non-hydrogen) atoms. The quantitative estimate of drug-likeness (QED) is 0.576. The van der Waals surface area contributed by atoms with E-state index >= 15 is 0 Å². The minimum atomic E-state index is -0.328. The van der Waals surface area contributed by atoms with Crippen LogP contribution < -0.4 is 5.32 Å². The Morgan fingerprint density at radius 3 is 2.78 bits per heavy atom. The number of nitrogens with zero attached hydrogens (tertiary/aromatic N) is 3. The zero-order valence-electron chi connectivity index (χ0n) is 12.2. The molecule has 0 bridgehead atoms. The summed E-state index contributed by atoms with van der Waals surface area (Å²) in [5.74, 6) is 0.326. The highest BCUT2D eigenvalue weighted by atomic mass is 35.5. The number of fused-ring (bicyclic) bond motifs is 1. The summed E-state index contributed by atoms with van der Waals surface area (Å²) in [6.45, 7) is 1.83. The third-order valence-electron chi connectivity index (χ3n) is 3.14. The van der Waals surface area contributed by atoms with E-state index < -0.39 is 0 Å². The van der Waals surface area contributed by atoms with Crippen LogP contribution in [0, 0.1) is 0 Å². The molecule has 3 rings (SSSR count). The van der Waals surface area contributed by atoms with Crippen molar-refractivity contribution in [1.29, 1.82) is 0 Å². The molecule has 0 saturated carbocycles. The zero-order valence-corrected chi connectivity index (χ0v) is 13.8. The molecule has 1 atom stereocenters. The number of halogens is 1. The summed E-state index contributed by atoms with van der Waals surface area (Å²) in [4.78, 5) is 24.9. The molecule has 2 aromatic heterocycles. The van der Waals surface area contributed by atoms with E-state index in [0.717, 1.165) is 15.9 Å². The second-order valence-electron chi connectivity index (χ2n) is 4.81. The molecule has 1 N–H and O–H groups in total. The lowest BCUT2D eigenvalue weighted by atomic mass is 10.2. The van der Waals surface area contributed by atoms with Crippen molar-refractivity contribution in [1.82, 2.24) is 15.0 Å². The Balaban J connectivity index is 1.73. The molecule has 0 aliphatic carbocycles. The number of benzene rings is 1. The molecule has 0 spiro atoms. The van der Waals surface area contributed by atoms with Crippen LogP contribution in [0.2, 0.25) is 5.02 Å². The number of pyridine rings is 1. The van der Waals surface area contributed by atoms with Crippen molar-refractivity contribution in [3.63, 3.8) is 0 Å². The minimum Gasteiger partial charge on any atom is -0.310 e. The number of anilines is 1. The van der Waals surface area contributed by atoms with Gasteiger partial charge in [0.1, 0.15) is 17.2 Å². The van der Waals surface area contributed by atoms with Crippen molar-refractivity contribution in [2.24, 2.45) is 0 Å². The number of carbonyl (C=O) groups excluding carboxylic acids is 1. The van der Waals surface area contributed by atoms with Gasteiger partial charge in [0, 0.05) is 11.6 Å². The third-order valence-corrected chi connectivity index (χ3v) is 4.48. The Labute approximate surface area is 142 Å². The molecule has 1 aromatic carbocycles. The van der Waals surface area contributed by atoms with Crippen LogP contribution in [0.15, 0.2) is 53.9 Å². The number of thioether (sulfide) groups is 1. The Morgan fingerprint density at radius 2 is 2.00 bits per heavy atom. The lowest BCUT2D eigenvalue weighted by molar-refractivity contribution is -0.115. The van der Waals surface area contributed by atoms with Gasteiger partial charge in [0.2, 0.25) is 5.91 Å². The topological polar surface area (TPSA) is 67.8 Å². The van der Waals surface area contributed by atoms with Crippen LogP contribution >= 0.6 is 23.4 Å². The molecule has 0 aliphatic rings. The van der Waals surface area contributed by atoms with Crippen LogP contribution in [0.4, 0.5) is 5.82 Å². The summed E-state index contributed by atoms with van der Waals surface area (Å²) in [7, 11) is 0. The number of nitrogens with one attached hydrogen (secondary N) is 1. The van der Waals surface area contributed by atoms with Crippen molar-refractivity contribution in [2.45, 2.75) is 17.2 Å². The van der Waals surface area contributed by atoms with Gasteiger partial charge < -0.3 is 5.32 Å². The number of hydrogen-bond donors (Lipinski definition) is 1. The average molecular weight is 345 g/mol. The van der Waals surface area contributed by atoms with Gasteiger partial charge in [-0.25, -0.2) is 15.0 Å². The summed E-state index contributed by atoms with van der Waals surface area (Å²) < 4.78 is 0. The molecular weight excluding hydrogens is 332 g/mol. The molecule has 116 valence electrons. The lowest BCUT2D eigenvalue weighted by Crippen LogP contribution is -2.23. The Hall–Kier alpha value is -2.18. The van der Waals surface area contributed by atoms with E-state index in [1.807, 2.05) is 31.2 Å². The van der Waals surface area contributed by atoms with E-state index in [0.29, 0.717) is 10.8 Å². The second kappa shape index (κ2) is 6.93. The summed E-state index contributed by atoms with van der Waals surface area (Å²) in [5, 5.41) is 4.68. The van der Waals surface area contributed by atoms with Crippen LogP contribution in [0.1, 0.15) is 6.92 Å². The van der Waals surface area contributed by atoms with Gasteiger partial charge in [0.05, 0.1) is 15.8 Å². The van der Waals surface area contributed by atoms with Crippen molar-refractivity contribution in [2.75, 3.05) is 5.32 Å². The fourth-order valence-electron chi connectivity index (χ4n) is 1.97. The van der Waals surface area contributed by atoms with Gasteiger partial charge in [-0.15, -0.1) is 0 Å². The lowest BCUT2D eigenvalue weighted by Gasteiger charge is -2.12. The van der Waals surface area contributed by atoms with E-state index in [9.17, 15) is 4.79 Å². The number of para-hydroxylation sites is 1. The summed E-state index contributed by atoms with van der Waals surface area (Å²) in [6, 6.07) is 11.1. The second-order valence-corrected chi connectivity index (χ2v) is 6.57. The molecule has 5 nitrogen and oxygen atoms in total. The Bertz CT molecular complexity index is 836. The number of aromatic nitrogens is 3. The summed E-state index contributed by atoms with van der Waals surface area (Å²) >= 11 is 7.17. The highest BCUT2D eigenvalue weighted by molar-refractivity contribution is 8.00. The molecule has 3 aromatic rings. The van der Waals surface area contributed by atoms with Gasteiger partial charge in [0.25, 0.3) is 0 Å². The fourth-order valence-corrected chi connectivity index (χ4v) is 2.99. The molecule has 2 heterocycles. The van der Waals surface area contributed by atoms with Crippen molar-refractivity contribution in [3.8, 4) is 0 Å². The zero-order chi connectivity index (χ0) is 16.2. The van der Waals surface area contributed by atoms with Crippen molar-refractivity contribution in [3.05, 3.63) is 53.9 Å². The molecule has 7 heteroatoms. The van der Waals surface area contributed by atoms with Crippen molar-refractivity contribution < 1.29 is 4.79 Å². The number of hydrogen-bond acceptors (Lipinski definition) is 5. The summed E-state index contributed by atoms with van der Waals surface area (Å²) in [5.41, 5.74) is 0.858. The highest BCUT2D eigenvalue weighted by Crippen LogP contribution is 2.28. The summed E-state index contributed by atoms with van der Waals surface area (Å²) in [6.07, 6.45) is 3.00. The first-order valence-electron chi connectivity index (χ1n) is 6.92. The van der Waals surface area contributed by atoms with Crippen LogP contribution in [-0.4, -0.2) is 26.1 Å². The van der Waals surface area contributed by atoms with Gasteiger partial charge in [-0.3, -0.25) is 4.79 Å². The van der Waals surface area contributed by atoms with Gasteiger partial charge in [-0.1, -0.05) is 41.6 Å². The first-order valence-corrected chi connectivity index (χ1v) is 8.18. The maximum Gasteiger partial charge on any atom is 0.238 e. The van der Waals surface area contributed by atoms with Gasteiger partial charge in [-0.2, -0.15) is 0 Å². The minimum absolute atomic E-state index is 0.146. The molecule has 0 radical (unpaired) electrons. The van der Waals surface area contributed by atoms with Gasteiger partial charge >= 0.3 is 0 Å². The Morgan fingerprint density at radius 1 is 1.17 bits per heavy atom. The predicted molar refractivity (Wildman–Crippen MR) is 92.7 cm³/mol. The van der Waals surface area contributed by atoms with E-state index in [-0.39, 0.29) is 11.2 Å². The Kier molecular flexibility index (Phi) is 4.73. The maximum atomic E-state index is 12.3. The standard InChI is InChI=1S/C16H13ClN4OS/c1-10(15(22)21-14-7-6-11(17)8-18-14)23-16-12-4-2-3-5-13(12)19-9-20-16/h2-10H,1H3,(H,18,21,22)/t10-/m1/s1. The molecule has 0 unspecified atom stereocenters. The van der Waals surface area contributed by atoms with Crippen LogP contribution in [0.3, 0.4) is 0 Å². The molecular formula is C16H13ClN4OS. The maximum absolute atomic E-state index is 12.3. The largest absolute Gasteiger partial charge is 0.310 e. The van der Waals surface area contributed by atoms with Gasteiger partial charge in [0.15, 0.2) is 0 Å². The third kappa shape index (κ3) is 3.78. The molecule has 0 saturated heterocycles. The fraction of sp³-hybridized carbons (Fsp3) is 0.125. The first kappa shape index (κ1) is 15.7. The van der Waals surface area contributed by atoms with Crippen LogP contribution in [0.5, 0.6) is 0 Å². The smallest absolute Gasteiger partial charge is 0.238 e. The first-order chi connectivity index (χ1) is 11.1. The molecule has 0 aliphatic heterocycles. The van der Waals surface area contributed by atoms with E-state index in [1.54, 1.807) is 12.1 Å². The highest BCUT2D eigenvalue weighted by Gasteiger charge is 2.17. The average Bonchev–Trinajstić information content (AvgIpc) is 2.57. The molecule has 0 fully saturated rings. The predicted octanol–water partition coefficient (Wildman–Crippen LogP) is 3.80. The van der Waals surface area contributed by atoms with Gasteiger partial charge in [-0.05, 0) is 25.1 Å². The number of carbonyl (C=O) groups is 1. The molecule has 1 amide bonds. The number of rotatable bonds is 4. The van der Waals surface area contributed by atoms with E-state index in [1.165, 1.54) is 24.3 Å². The van der Waals surface area contributed by atoms with E-state index in [2.05, 4.69) is 20.3 Å². The SMILES string of the molecule is C[C@@H](Sc1ncnc2ccccc12)C(=O)Nc1ccc(Cl)cn1. The monoisotopic (exact) mass is 344 g/mol. The van der Waals surface area contributed by atoms with E-state index in [4.69, 9.17) is 11.6 Å². The number of amides is 1. The van der Waals surface area contributed by atoms with Crippen molar-refractivity contribution >= 4 is 46.0 Å². The normalized spacial score (nSPS) is 12.1.